The second-order valence-corrected chi connectivity index (χ2v) is 11.2. The number of ether oxygens (including phenoxy) is 1. The van der Waals surface area contributed by atoms with Gasteiger partial charge in [0, 0.05) is 44.1 Å². The number of amides is 1. The Morgan fingerprint density at radius 1 is 1.26 bits per heavy atom. The summed E-state index contributed by atoms with van der Waals surface area (Å²) in [4.78, 5) is 17.7. The molecule has 3 aromatic rings. The molecule has 1 fully saturated rings. The third-order valence-electron chi connectivity index (χ3n) is 7.12. The van der Waals surface area contributed by atoms with E-state index in [0.29, 0.717) is 23.0 Å². The Morgan fingerprint density at radius 3 is 2.68 bits per heavy atom. The monoisotopic (exact) mass is 547 g/mol. The molecule has 1 amide bonds. The molecule has 9 nitrogen and oxygen atoms in total. The molecule has 1 aliphatic carbocycles. The fraction of sp³-hybridized carbons (Fsp3) is 0.519. The molecule has 0 unspecified atom stereocenters. The molecule has 3 atom stereocenters. The van der Waals surface area contributed by atoms with Crippen LogP contribution in [0.5, 0.6) is 5.88 Å². The molecule has 1 saturated carbocycles. The van der Waals surface area contributed by atoms with Crippen LogP contribution in [0, 0.1) is 17.7 Å². The van der Waals surface area contributed by atoms with E-state index in [4.69, 9.17) is 16.3 Å². The Balaban J connectivity index is 1.43. The summed E-state index contributed by atoms with van der Waals surface area (Å²) in [6.07, 6.45) is 4.74. The summed E-state index contributed by atoms with van der Waals surface area (Å²) in [6, 6.07) is 5.93. The maximum absolute atomic E-state index is 13.5. The smallest absolute Gasteiger partial charge is 0.274 e. The molecule has 4 rings (SSSR count). The maximum atomic E-state index is 13.5. The van der Waals surface area contributed by atoms with E-state index in [9.17, 15) is 19.4 Å². The normalized spacial score (nSPS) is 19.6. The number of aliphatic hydroxyl groups excluding tert-OH is 1. The summed E-state index contributed by atoms with van der Waals surface area (Å²) < 4.78 is 22.6. The number of anilines is 1. The molecule has 2 aromatic heterocycles. The number of carbonyl (C=O) groups is 1. The topological polar surface area (TPSA) is 114 Å². The lowest BCUT2D eigenvalue weighted by Gasteiger charge is -2.16. The lowest BCUT2D eigenvalue weighted by molar-refractivity contribution is 0.0266. The summed E-state index contributed by atoms with van der Waals surface area (Å²) in [5.41, 5.74) is 1.59. The number of hydrogen-bond donors (Lipinski definition) is 3. The van der Waals surface area contributed by atoms with Gasteiger partial charge in [0.25, 0.3) is 5.91 Å². The number of aliphatic hydroxyl groups is 2. The number of carbonyl (C=O) groups excluding carboxylic acids is 1. The number of rotatable bonds is 10. The first-order valence-corrected chi connectivity index (χ1v) is 13.1. The molecule has 1 aliphatic rings. The van der Waals surface area contributed by atoms with Crippen LogP contribution < -0.4 is 10.1 Å². The first-order chi connectivity index (χ1) is 17.9. The summed E-state index contributed by atoms with van der Waals surface area (Å²) in [7, 11) is 3.62. The highest BCUT2D eigenvalue weighted by Crippen LogP contribution is 2.44. The van der Waals surface area contributed by atoms with Crippen LogP contribution in [0.15, 0.2) is 30.6 Å². The van der Waals surface area contributed by atoms with Crippen LogP contribution in [0.2, 0.25) is 5.02 Å². The summed E-state index contributed by atoms with van der Waals surface area (Å²) in [5.74, 6) is -0.0724. The third-order valence-corrected chi connectivity index (χ3v) is 7.41. The van der Waals surface area contributed by atoms with Gasteiger partial charge in [0.2, 0.25) is 5.88 Å². The molecule has 3 N–H and O–H groups in total. The van der Waals surface area contributed by atoms with E-state index in [1.165, 1.54) is 18.2 Å². The molecule has 38 heavy (non-hydrogen) atoms. The van der Waals surface area contributed by atoms with Gasteiger partial charge in [0.05, 0.1) is 22.6 Å². The summed E-state index contributed by atoms with van der Waals surface area (Å²) in [5, 5.41) is 27.1. The summed E-state index contributed by atoms with van der Waals surface area (Å²) in [6.45, 7) is 3.57. The van der Waals surface area contributed by atoms with Gasteiger partial charge in [-0.05, 0) is 69.6 Å². The zero-order valence-electron chi connectivity index (χ0n) is 22.1. The quantitative estimate of drug-likeness (QED) is 0.352. The fourth-order valence-electron chi connectivity index (χ4n) is 5.17. The van der Waals surface area contributed by atoms with Crippen molar-refractivity contribution in [3.8, 4) is 5.88 Å². The van der Waals surface area contributed by atoms with E-state index in [1.54, 1.807) is 36.5 Å². The Bertz CT molecular complexity index is 1280. The number of hydrogen-bond acceptors (Lipinski definition) is 6. The minimum atomic E-state index is -0.946. The molecule has 0 spiro atoms. The molecular formula is C27H35ClFN5O4. The van der Waals surface area contributed by atoms with Gasteiger partial charge in [-0.15, -0.1) is 5.10 Å². The molecule has 0 aliphatic heterocycles. The van der Waals surface area contributed by atoms with Crippen molar-refractivity contribution in [2.24, 2.45) is 25.9 Å². The molecule has 2 heterocycles. The second kappa shape index (κ2) is 11.4. The number of nitrogens with zero attached hydrogens (tertiary/aromatic N) is 4. The minimum Gasteiger partial charge on any atom is -0.474 e. The van der Waals surface area contributed by atoms with E-state index in [1.807, 2.05) is 13.1 Å². The SMILES string of the molecule is Cn1cnc([C@H]2C[C@@H](CO)[C@@H](CCc3cc(OCC(C)(C)O)nn3C)C2)c1C(=O)Nc1ccc(F)c(Cl)c1. The second-order valence-electron chi connectivity index (χ2n) is 10.8. The maximum Gasteiger partial charge on any atom is 0.274 e. The standard InChI is InChI=1S/C27H35ClFN5O4/c1-27(2,37)14-38-23-12-20(34(4)32-23)7-5-16-9-17(10-18(16)13-35)24-25(33(3)15-30-24)26(36)31-19-6-8-22(29)21(28)11-19/h6,8,11-12,15-18,35,37H,5,7,9-10,13-14H2,1-4H3,(H,31,36)/t16-,17+,18-/m0/s1. The first-order valence-electron chi connectivity index (χ1n) is 12.7. The Kier molecular flexibility index (Phi) is 8.44. The largest absolute Gasteiger partial charge is 0.474 e. The van der Waals surface area contributed by atoms with Crippen LogP contribution in [0.4, 0.5) is 10.1 Å². The molecule has 1 aromatic carbocycles. The zero-order valence-corrected chi connectivity index (χ0v) is 22.9. The van der Waals surface area contributed by atoms with Crippen LogP contribution in [0.3, 0.4) is 0 Å². The zero-order chi connectivity index (χ0) is 27.6. The number of imidazole rings is 1. The van der Waals surface area contributed by atoms with Crippen molar-refractivity contribution < 1.29 is 24.1 Å². The van der Waals surface area contributed by atoms with Crippen LogP contribution in [-0.4, -0.2) is 54.3 Å². The highest BCUT2D eigenvalue weighted by Gasteiger charge is 2.37. The fourth-order valence-corrected chi connectivity index (χ4v) is 5.35. The van der Waals surface area contributed by atoms with E-state index in [2.05, 4.69) is 15.4 Å². The number of aryl methyl sites for hydroxylation is 3. The van der Waals surface area contributed by atoms with Gasteiger partial charge in [-0.2, -0.15) is 0 Å². The Hall–Kier alpha value is -2.95. The predicted molar refractivity (Wildman–Crippen MR) is 142 cm³/mol. The van der Waals surface area contributed by atoms with Gasteiger partial charge >= 0.3 is 0 Å². The number of halogens is 2. The van der Waals surface area contributed by atoms with Gasteiger partial charge in [0.15, 0.2) is 0 Å². The Morgan fingerprint density at radius 2 is 2.00 bits per heavy atom. The van der Waals surface area contributed by atoms with Crippen molar-refractivity contribution >= 4 is 23.2 Å². The van der Waals surface area contributed by atoms with Crippen molar-refractivity contribution in [1.82, 2.24) is 19.3 Å². The molecule has 206 valence electrons. The van der Waals surface area contributed by atoms with Gasteiger partial charge in [-0.3, -0.25) is 9.48 Å². The van der Waals surface area contributed by atoms with E-state index < -0.39 is 11.4 Å². The number of benzene rings is 1. The van der Waals surface area contributed by atoms with E-state index in [-0.39, 0.29) is 41.9 Å². The van der Waals surface area contributed by atoms with E-state index in [0.717, 1.165) is 31.4 Å². The molecular weight excluding hydrogens is 513 g/mol. The average Bonchev–Trinajstić information content (AvgIpc) is 3.54. The van der Waals surface area contributed by atoms with E-state index >= 15 is 0 Å². The van der Waals surface area contributed by atoms with Crippen molar-refractivity contribution in [3.05, 3.63) is 58.5 Å². The Labute approximate surface area is 226 Å². The minimum absolute atomic E-state index is 0.0214. The van der Waals surface area contributed by atoms with Gasteiger partial charge in [-0.25, -0.2) is 9.37 Å². The van der Waals surface area contributed by atoms with Crippen molar-refractivity contribution in [1.29, 1.82) is 0 Å². The van der Waals surface area contributed by atoms with Crippen molar-refractivity contribution in [3.63, 3.8) is 0 Å². The van der Waals surface area contributed by atoms with Crippen molar-refractivity contribution in [2.45, 2.75) is 51.0 Å². The lowest BCUT2D eigenvalue weighted by atomic mass is 9.91. The molecule has 11 heteroatoms. The van der Waals surface area contributed by atoms with Gasteiger partial charge in [-0.1, -0.05) is 11.6 Å². The lowest BCUT2D eigenvalue weighted by Crippen LogP contribution is -2.27. The van der Waals surface area contributed by atoms with Crippen LogP contribution in [0.25, 0.3) is 0 Å². The first kappa shape index (κ1) is 28.1. The highest BCUT2D eigenvalue weighted by atomic mass is 35.5. The highest BCUT2D eigenvalue weighted by molar-refractivity contribution is 6.31. The van der Waals surface area contributed by atoms with Crippen molar-refractivity contribution in [2.75, 3.05) is 18.5 Å². The predicted octanol–water partition coefficient (Wildman–Crippen LogP) is 4.08. The molecule has 0 radical (unpaired) electrons. The van der Waals surface area contributed by atoms with Gasteiger partial charge in [0.1, 0.15) is 18.1 Å². The third kappa shape index (κ3) is 6.54. The average molecular weight is 548 g/mol. The van der Waals surface area contributed by atoms with Crippen LogP contribution in [0.1, 0.15) is 60.9 Å². The van der Waals surface area contributed by atoms with Crippen LogP contribution in [-0.2, 0) is 20.5 Å². The molecule has 0 bridgehead atoms. The van der Waals surface area contributed by atoms with Crippen LogP contribution >= 0.6 is 11.6 Å². The number of aromatic nitrogens is 4. The van der Waals surface area contributed by atoms with Gasteiger partial charge < -0.3 is 24.8 Å². The number of nitrogens with one attached hydrogen (secondary N) is 1. The summed E-state index contributed by atoms with van der Waals surface area (Å²) >= 11 is 5.87. The molecule has 0 saturated heterocycles.